The summed E-state index contributed by atoms with van der Waals surface area (Å²) < 4.78 is 3.07. The molecule has 0 aliphatic carbocycles. The summed E-state index contributed by atoms with van der Waals surface area (Å²) in [4.78, 5) is 25.0. The molecule has 8 nitrogen and oxygen atoms in total. The zero-order valence-corrected chi connectivity index (χ0v) is 17.6. The fourth-order valence-corrected chi connectivity index (χ4v) is 3.69. The molecular weight excluding hydrogens is 404 g/mol. The maximum atomic E-state index is 12.7. The number of nitriles is 1. The van der Waals surface area contributed by atoms with E-state index in [4.69, 9.17) is 5.73 Å². The summed E-state index contributed by atoms with van der Waals surface area (Å²) >= 11 is 0. The number of para-hydroxylation sites is 2. The fourth-order valence-electron chi connectivity index (χ4n) is 3.69. The van der Waals surface area contributed by atoms with Crippen molar-refractivity contribution in [3.05, 3.63) is 87.8 Å². The SMILES string of the molecule is Cn1c(=O)cc(C(=O)NCCCc2nn(-c3ccccc3)c(N)c2C#N)c2ccccc21. The topological polar surface area (TPSA) is 119 Å². The normalized spacial score (nSPS) is 10.8. The van der Waals surface area contributed by atoms with Crippen LogP contribution in [0.25, 0.3) is 16.6 Å². The van der Waals surface area contributed by atoms with Crippen LogP contribution in [0.1, 0.15) is 28.0 Å². The van der Waals surface area contributed by atoms with Gasteiger partial charge in [0.25, 0.3) is 11.5 Å². The second-order valence-corrected chi connectivity index (χ2v) is 7.40. The van der Waals surface area contributed by atoms with Gasteiger partial charge in [-0.05, 0) is 31.0 Å². The summed E-state index contributed by atoms with van der Waals surface area (Å²) in [6.45, 7) is 0.366. The number of pyridine rings is 1. The molecule has 0 unspecified atom stereocenters. The summed E-state index contributed by atoms with van der Waals surface area (Å²) in [7, 11) is 1.68. The largest absolute Gasteiger partial charge is 0.382 e. The molecule has 4 rings (SSSR count). The van der Waals surface area contributed by atoms with E-state index in [1.807, 2.05) is 54.6 Å². The number of carbonyl (C=O) groups excluding carboxylic acids is 1. The molecule has 0 fully saturated rings. The molecule has 0 saturated carbocycles. The van der Waals surface area contributed by atoms with Crippen molar-refractivity contribution in [1.82, 2.24) is 19.7 Å². The molecule has 0 aliphatic heterocycles. The summed E-state index contributed by atoms with van der Waals surface area (Å²) in [5, 5.41) is 17.6. The van der Waals surface area contributed by atoms with E-state index >= 15 is 0 Å². The quantitative estimate of drug-likeness (QED) is 0.459. The molecule has 0 spiro atoms. The highest BCUT2D eigenvalue weighted by Crippen LogP contribution is 2.21. The molecule has 2 aromatic heterocycles. The van der Waals surface area contributed by atoms with E-state index < -0.39 is 0 Å². The lowest BCUT2D eigenvalue weighted by Gasteiger charge is -2.10. The van der Waals surface area contributed by atoms with E-state index in [0.717, 1.165) is 5.69 Å². The van der Waals surface area contributed by atoms with E-state index in [9.17, 15) is 14.9 Å². The number of fused-ring (bicyclic) bond motifs is 1. The number of aryl methyl sites for hydroxylation is 2. The van der Waals surface area contributed by atoms with Gasteiger partial charge in [0.2, 0.25) is 0 Å². The first-order valence-electron chi connectivity index (χ1n) is 10.2. The first kappa shape index (κ1) is 20.9. The average Bonchev–Trinajstić information content (AvgIpc) is 3.14. The molecule has 8 heteroatoms. The van der Waals surface area contributed by atoms with Crippen molar-refractivity contribution in [1.29, 1.82) is 5.26 Å². The zero-order chi connectivity index (χ0) is 22.7. The van der Waals surface area contributed by atoms with Gasteiger partial charge in [-0.25, -0.2) is 4.68 Å². The number of hydrogen-bond donors (Lipinski definition) is 2. The molecular formula is C24H22N6O2. The Morgan fingerprint density at radius 1 is 1.16 bits per heavy atom. The van der Waals surface area contributed by atoms with Crippen molar-refractivity contribution >= 4 is 22.6 Å². The fraction of sp³-hybridized carbons (Fsp3) is 0.167. The van der Waals surface area contributed by atoms with Gasteiger partial charge < -0.3 is 15.6 Å². The summed E-state index contributed by atoms with van der Waals surface area (Å²) in [6.07, 6.45) is 1.04. The molecule has 2 aromatic carbocycles. The second-order valence-electron chi connectivity index (χ2n) is 7.40. The molecule has 0 radical (unpaired) electrons. The number of anilines is 1. The average molecular weight is 426 g/mol. The second kappa shape index (κ2) is 8.78. The van der Waals surface area contributed by atoms with Crippen LogP contribution in [0.4, 0.5) is 5.82 Å². The van der Waals surface area contributed by atoms with Crippen LogP contribution >= 0.6 is 0 Å². The maximum Gasteiger partial charge on any atom is 0.252 e. The monoisotopic (exact) mass is 426 g/mol. The third kappa shape index (κ3) is 3.84. The Bertz CT molecular complexity index is 1400. The number of nitrogens with one attached hydrogen (secondary N) is 1. The van der Waals surface area contributed by atoms with Crippen LogP contribution in [0.2, 0.25) is 0 Å². The predicted octanol–water partition coefficient (Wildman–Crippen LogP) is 2.54. The number of nitrogens with zero attached hydrogens (tertiary/aromatic N) is 4. The standard InChI is InChI=1S/C24H22N6O2/c1-29-21-12-6-5-10-17(21)18(14-22(29)31)24(32)27-13-7-11-20-19(15-25)23(26)30(28-20)16-8-3-2-4-9-16/h2-6,8-10,12,14H,7,11,13,26H2,1H3,(H,27,32). The lowest BCUT2D eigenvalue weighted by Crippen LogP contribution is -2.28. The van der Waals surface area contributed by atoms with Gasteiger partial charge in [0.1, 0.15) is 17.5 Å². The Morgan fingerprint density at radius 3 is 2.62 bits per heavy atom. The lowest BCUT2D eigenvalue weighted by molar-refractivity contribution is 0.0954. The van der Waals surface area contributed by atoms with Crippen molar-refractivity contribution < 1.29 is 4.79 Å². The summed E-state index contributed by atoms with van der Waals surface area (Å²) in [5.41, 5.74) is 8.64. The van der Waals surface area contributed by atoms with E-state index in [-0.39, 0.29) is 11.5 Å². The Kier molecular flexibility index (Phi) is 5.73. The summed E-state index contributed by atoms with van der Waals surface area (Å²) in [5.74, 6) is -0.0157. The van der Waals surface area contributed by atoms with Gasteiger partial charge in [0.15, 0.2) is 0 Å². The van der Waals surface area contributed by atoms with Gasteiger partial charge in [-0.15, -0.1) is 0 Å². The van der Waals surface area contributed by atoms with Gasteiger partial charge in [-0.1, -0.05) is 36.4 Å². The number of rotatable bonds is 6. The molecule has 160 valence electrons. The van der Waals surface area contributed by atoms with E-state index in [1.165, 1.54) is 10.6 Å². The molecule has 4 aromatic rings. The minimum Gasteiger partial charge on any atom is -0.382 e. The minimum atomic E-state index is -0.311. The molecule has 2 heterocycles. The first-order chi connectivity index (χ1) is 15.5. The maximum absolute atomic E-state index is 12.7. The molecule has 3 N–H and O–H groups in total. The van der Waals surface area contributed by atoms with Crippen LogP contribution in [-0.4, -0.2) is 26.8 Å². The number of amides is 1. The Hall–Kier alpha value is -4.38. The van der Waals surface area contributed by atoms with Gasteiger partial charge in [-0.2, -0.15) is 10.4 Å². The van der Waals surface area contributed by atoms with Crippen molar-refractivity contribution in [2.75, 3.05) is 12.3 Å². The predicted molar refractivity (Wildman–Crippen MR) is 123 cm³/mol. The highest BCUT2D eigenvalue weighted by Gasteiger charge is 2.17. The molecule has 32 heavy (non-hydrogen) atoms. The Balaban J connectivity index is 1.46. The number of nitrogen functional groups attached to an aromatic ring is 1. The number of carbonyl (C=O) groups is 1. The lowest BCUT2D eigenvalue weighted by atomic mass is 10.1. The third-order valence-electron chi connectivity index (χ3n) is 5.38. The van der Waals surface area contributed by atoms with Crippen LogP contribution in [0.15, 0.2) is 65.5 Å². The Morgan fingerprint density at radius 2 is 1.88 bits per heavy atom. The molecule has 1 amide bonds. The smallest absolute Gasteiger partial charge is 0.252 e. The molecule has 0 bridgehead atoms. The number of nitrogens with two attached hydrogens (primary N) is 1. The van der Waals surface area contributed by atoms with Gasteiger partial charge in [-0.3, -0.25) is 9.59 Å². The number of aromatic nitrogens is 3. The minimum absolute atomic E-state index is 0.241. The molecule has 0 atom stereocenters. The molecule has 0 aliphatic rings. The van der Waals surface area contributed by atoms with Crippen LogP contribution in [0.3, 0.4) is 0 Å². The van der Waals surface area contributed by atoms with Crippen LogP contribution in [-0.2, 0) is 13.5 Å². The van der Waals surface area contributed by atoms with Gasteiger partial charge >= 0.3 is 0 Å². The van der Waals surface area contributed by atoms with Crippen molar-refractivity contribution in [2.45, 2.75) is 12.8 Å². The van der Waals surface area contributed by atoms with Crippen LogP contribution < -0.4 is 16.6 Å². The number of hydrogen-bond acceptors (Lipinski definition) is 5. The van der Waals surface area contributed by atoms with Gasteiger partial charge in [0.05, 0.1) is 22.5 Å². The van der Waals surface area contributed by atoms with Crippen LogP contribution in [0, 0.1) is 11.3 Å². The van der Waals surface area contributed by atoms with Crippen LogP contribution in [0.5, 0.6) is 0 Å². The zero-order valence-electron chi connectivity index (χ0n) is 17.6. The summed E-state index contributed by atoms with van der Waals surface area (Å²) in [6, 6.07) is 20.1. The van der Waals surface area contributed by atoms with E-state index in [0.29, 0.717) is 52.9 Å². The highest BCUT2D eigenvalue weighted by molar-refractivity contribution is 6.06. The van der Waals surface area contributed by atoms with Crippen molar-refractivity contribution in [3.63, 3.8) is 0 Å². The van der Waals surface area contributed by atoms with Crippen molar-refractivity contribution in [2.24, 2.45) is 7.05 Å². The highest BCUT2D eigenvalue weighted by atomic mass is 16.2. The third-order valence-corrected chi connectivity index (χ3v) is 5.38. The van der Waals surface area contributed by atoms with Gasteiger partial charge in [0, 0.05) is 25.0 Å². The van der Waals surface area contributed by atoms with E-state index in [2.05, 4.69) is 16.5 Å². The van der Waals surface area contributed by atoms with Crippen molar-refractivity contribution in [3.8, 4) is 11.8 Å². The molecule has 0 saturated heterocycles. The number of benzene rings is 2. The Labute approximate surface area is 184 Å². The van der Waals surface area contributed by atoms with E-state index in [1.54, 1.807) is 11.7 Å². The first-order valence-corrected chi connectivity index (χ1v) is 10.2.